The molecule has 4 heteroatoms. The van der Waals surface area contributed by atoms with Gasteiger partial charge in [0.15, 0.2) is 0 Å². The topological polar surface area (TPSA) is 59.1 Å². The Balaban J connectivity index is 1.52. The second-order valence-electron chi connectivity index (χ2n) is 6.07. The Kier molecular flexibility index (Phi) is 3.32. The summed E-state index contributed by atoms with van der Waals surface area (Å²) in [7, 11) is 0. The van der Waals surface area contributed by atoms with Gasteiger partial charge in [0.05, 0.1) is 18.3 Å². The molecule has 102 valence electrons. The summed E-state index contributed by atoms with van der Waals surface area (Å²) in [6.07, 6.45) is 6.52. The van der Waals surface area contributed by atoms with Gasteiger partial charge >= 0.3 is 5.97 Å². The van der Waals surface area contributed by atoms with Crippen molar-refractivity contribution in [3.05, 3.63) is 0 Å². The average Bonchev–Trinajstić information content (AvgIpc) is 3.09. The third-order valence-corrected chi connectivity index (χ3v) is 4.82. The molecule has 0 radical (unpaired) electrons. The Morgan fingerprint density at radius 2 is 1.83 bits per heavy atom. The summed E-state index contributed by atoms with van der Waals surface area (Å²) < 4.78 is 10.7. The van der Waals surface area contributed by atoms with Crippen molar-refractivity contribution in [1.82, 2.24) is 0 Å². The highest BCUT2D eigenvalue weighted by atomic mass is 16.6. The van der Waals surface area contributed by atoms with E-state index in [1.165, 1.54) is 26.2 Å². The van der Waals surface area contributed by atoms with Gasteiger partial charge in [-0.05, 0) is 50.4 Å². The second kappa shape index (κ2) is 4.82. The van der Waals surface area contributed by atoms with E-state index in [4.69, 9.17) is 9.47 Å². The molecule has 3 aliphatic rings. The van der Waals surface area contributed by atoms with Crippen molar-refractivity contribution in [2.24, 2.45) is 11.8 Å². The van der Waals surface area contributed by atoms with Gasteiger partial charge < -0.3 is 14.6 Å². The molecule has 3 fully saturated rings. The van der Waals surface area contributed by atoms with Crippen molar-refractivity contribution in [2.45, 2.75) is 69.9 Å². The van der Waals surface area contributed by atoms with Crippen molar-refractivity contribution < 1.29 is 19.4 Å². The quantitative estimate of drug-likeness (QED) is 0.601. The van der Waals surface area contributed by atoms with Crippen molar-refractivity contribution in [3.63, 3.8) is 0 Å². The zero-order valence-electron chi connectivity index (χ0n) is 10.9. The maximum absolute atomic E-state index is 10.9. The first kappa shape index (κ1) is 12.4. The summed E-state index contributed by atoms with van der Waals surface area (Å²) in [5.74, 6) is 0.989. The van der Waals surface area contributed by atoms with E-state index in [0.717, 1.165) is 19.3 Å². The molecule has 6 unspecified atom stereocenters. The number of esters is 1. The van der Waals surface area contributed by atoms with E-state index < -0.39 is 6.10 Å². The third-order valence-electron chi connectivity index (χ3n) is 4.82. The summed E-state index contributed by atoms with van der Waals surface area (Å²) in [6.45, 7) is 1.41. The highest BCUT2D eigenvalue weighted by Gasteiger charge is 2.46. The highest BCUT2D eigenvalue weighted by Crippen LogP contribution is 2.45. The lowest BCUT2D eigenvalue weighted by molar-refractivity contribution is -0.156. The van der Waals surface area contributed by atoms with Gasteiger partial charge in [0.1, 0.15) is 6.10 Å². The minimum absolute atomic E-state index is 0.285. The van der Waals surface area contributed by atoms with Crippen molar-refractivity contribution >= 4 is 5.97 Å². The average molecular weight is 254 g/mol. The molecule has 6 atom stereocenters. The van der Waals surface area contributed by atoms with Gasteiger partial charge in [-0.25, -0.2) is 0 Å². The van der Waals surface area contributed by atoms with E-state index in [0.29, 0.717) is 24.0 Å². The van der Waals surface area contributed by atoms with Crippen LogP contribution in [0.3, 0.4) is 0 Å². The molecule has 1 saturated heterocycles. The molecule has 4 nitrogen and oxygen atoms in total. The van der Waals surface area contributed by atoms with Gasteiger partial charge in [0.2, 0.25) is 0 Å². The Morgan fingerprint density at radius 3 is 2.50 bits per heavy atom. The Bertz CT molecular complexity index is 330. The van der Waals surface area contributed by atoms with Crippen LogP contribution >= 0.6 is 0 Å². The minimum atomic E-state index is -0.481. The molecule has 18 heavy (non-hydrogen) atoms. The molecule has 0 aromatic heterocycles. The van der Waals surface area contributed by atoms with E-state index in [-0.39, 0.29) is 12.1 Å². The fraction of sp³-hybridized carbons (Fsp3) is 0.929. The maximum atomic E-state index is 10.9. The molecule has 0 amide bonds. The molecule has 2 aliphatic carbocycles. The second-order valence-corrected chi connectivity index (χ2v) is 6.07. The van der Waals surface area contributed by atoms with Crippen LogP contribution in [-0.4, -0.2) is 35.5 Å². The fourth-order valence-corrected chi connectivity index (χ4v) is 3.79. The number of rotatable bonds is 2. The summed E-state index contributed by atoms with van der Waals surface area (Å²) in [4.78, 5) is 10.9. The van der Waals surface area contributed by atoms with Crippen LogP contribution in [0.4, 0.5) is 0 Å². The zero-order chi connectivity index (χ0) is 12.7. The van der Waals surface area contributed by atoms with Gasteiger partial charge in [-0.1, -0.05) is 0 Å². The molecule has 1 heterocycles. The van der Waals surface area contributed by atoms with E-state index in [1.807, 2.05) is 0 Å². The van der Waals surface area contributed by atoms with E-state index in [2.05, 4.69) is 0 Å². The van der Waals surface area contributed by atoms with Crippen LogP contribution in [0.15, 0.2) is 0 Å². The molecule has 0 bridgehead atoms. The van der Waals surface area contributed by atoms with E-state index in [1.54, 1.807) is 0 Å². The third kappa shape index (κ3) is 2.54. The molecule has 0 spiro atoms. The van der Waals surface area contributed by atoms with Gasteiger partial charge in [-0.3, -0.25) is 4.79 Å². The summed E-state index contributed by atoms with van der Waals surface area (Å²) in [5, 5.41) is 10.1. The number of aliphatic hydroxyl groups is 1. The molecule has 1 N–H and O–H groups in total. The molecule has 2 saturated carbocycles. The number of ether oxygens (including phenoxy) is 2. The summed E-state index contributed by atoms with van der Waals surface area (Å²) in [5.41, 5.74) is 0. The first-order valence-electron chi connectivity index (χ1n) is 7.14. The van der Waals surface area contributed by atoms with Gasteiger partial charge in [-0.15, -0.1) is 0 Å². The van der Waals surface area contributed by atoms with Crippen molar-refractivity contribution in [2.75, 3.05) is 0 Å². The first-order valence-corrected chi connectivity index (χ1v) is 7.14. The Morgan fingerprint density at radius 1 is 1.11 bits per heavy atom. The number of hydrogen-bond acceptors (Lipinski definition) is 4. The monoisotopic (exact) mass is 254 g/mol. The SMILES string of the molecule is CC(=O)OC1CCC(C2CCC3OC3C2)CC1O. The largest absolute Gasteiger partial charge is 0.460 e. The van der Waals surface area contributed by atoms with Gasteiger partial charge in [0.25, 0.3) is 0 Å². The summed E-state index contributed by atoms with van der Waals surface area (Å²) >= 11 is 0. The maximum Gasteiger partial charge on any atom is 0.302 e. The van der Waals surface area contributed by atoms with Gasteiger partial charge in [0, 0.05) is 6.92 Å². The lowest BCUT2D eigenvalue weighted by Crippen LogP contribution is -2.39. The number of fused-ring (bicyclic) bond motifs is 1. The molecular formula is C14H22O4. The predicted molar refractivity (Wildman–Crippen MR) is 64.9 cm³/mol. The number of carbonyl (C=O) groups is 1. The molecule has 0 aromatic rings. The van der Waals surface area contributed by atoms with Crippen LogP contribution in [0, 0.1) is 11.8 Å². The lowest BCUT2D eigenvalue weighted by atomic mass is 9.72. The molecule has 0 aromatic carbocycles. The summed E-state index contributed by atoms with van der Waals surface area (Å²) in [6, 6.07) is 0. The first-order chi connectivity index (χ1) is 8.63. The highest BCUT2D eigenvalue weighted by molar-refractivity contribution is 5.66. The normalized spacial score (nSPS) is 47.2. The fourth-order valence-electron chi connectivity index (χ4n) is 3.79. The van der Waals surface area contributed by atoms with Crippen LogP contribution in [0.25, 0.3) is 0 Å². The molecular weight excluding hydrogens is 232 g/mol. The lowest BCUT2D eigenvalue weighted by Gasteiger charge is -2.37. The number of aliphatic hydroxyl groups excluding tert-OH is 1. The number of epoxide rings is 1. The molecule has 1 aliphatic heterocycles. The van der Waals surface area contributed by atoms with E-state index >= 15 is 0 Å². The predicted octanol–water partition coefficient (Wildman–Crippen LogP) is 1.65. The smallest absolute Gasteiger partial charge is 0.302 e. The van der Waals surface area contributed by atoms with Crippen LogP contribution in [0.1, 0.15) is 45.4 Å². The van der Waals surface area contributed by atoms with Crippen LogP contribution < -0.4 is 0 Å². The van der Waals surface area contributed by atoms with Crippen LogP contribution in [-0.2, 0) is 14.3 Å². The minimum Gasteiger partial charge on any atom is -0.460 e. The molecule has 3 rings (SSSR count). The Labute approximate surface area is 108 Å². The number of carbonyl (C=O) groups excluding carboxylic acids is 1. The standard InChI is InChI=1S/C14H22O4/c1-8(15)17-12-4-2-9(6-11(12)16)10-3-5-13-14(7-10)18-13/h9-14,16H,2-7H2,1H3. The van der Waals surface area contributed by atoms with Gasteiger partial charge in [-0.2, -0.15) is 0 Å². The Hall–Kier alpha value is -0.610. The van der Waals surface area contributed by atoms with Crippen molar-refractivity contribution in [1.29, 1.82) is 0 Å². The zero-order valence-corrected chi connectivity index (χ0v) is 10.9. The van der Waals surface area contributed by atoms with Crippen LogP contribution in [0.2, 0.25) is 0 Å². The van der Waals surface area contributed by atoms with Crippen LogP contribution in [0.5, 0.6) is 0 Å². The van der Waals surface area contributed by atoms with Crippen molar-refractivity contribution in [3.8, 4) is 0 Å². The number of hydrogen-bond donors (Lipinski definition) is 1. The van der Waals surface area contributed by atoms with E-state index in [9.17, 15) is 9.90 Å².